The number of alkyl halides is 3. The highest BCUT2D eigenvalue weighted by Gasteiger charge is 2.31. The zero-order chi connectivity index (χ0) is 19.3. The van der Waals surface area contributed by atoms with Crippen LogP contribution in [0, 0.1) is 0 Å². The number of carbonyl (C=O) groups excluding carboxylic acids is 1. The van der Waals surface area contributed by atoms with Crippen LogP contribution in [-0.4, -0.2) is 29.0 Å². The number of hydrogen-bond donors (Lipinski definition) is 1. The second kappa shape index (κ2) is 8.75. The Kier molecular flexibility index (Phi) is 6.91. The summed E-state index contributed by atoms with van der Waals surface area (Å²) in [6.07, 6.45) is -2.99. The molecule has 0 aromatic carbocycles. The molecule has 0 radical (unpaired) electrons. The van der Waals surface area contributed by atoms with E-state index in [1.54, 1.807) is 0 Å². The third-order valence-electron chi connectivity index (χ3n) is 3.02. The van der Waals surface area contributed by atoms with Gasteiger partial charge in [0.05, 0.1) is 22.8 Å². The zero-order valence-corrected chi connectivity index (χ0v) is 15.2. The first-order chi connectivity index (χ1) is 12.2. The summed E-state index contributed by atoms with van der Waals surface area (Å²) in [7, 11) is 0. The SMILES string of the molecule is O=C(NCCCOc1cc(C(F)(F)F)cc(Cl)n1)c1cnc(Cl)cc1Cl. The summed E-state index contributed by atoms with van der Waals surface area (Å²) in [4.78, 5) is 19.4. The molecule has 0 saturated carbocycles. The van der Waals surface area contributed by atoms with Gasteiger partial charge in [-0.15, -0.1) is 0 Å². The molecule has 2 rings (SSSR count). The van der Waals surface area contributed by atoms with Crippen molar-refractivity contribution in [3.63, 3.8) is 0 Å². The molecule has 2 aromatic rings. The van der Waals surface area contributed by atoms with Crippen LogP contribution in [0.2, 0.25) is 15.3 Å². The number of aromatic nitrogens is 2. The fourth-order valence-corrected chi connectivity index (χ4v) is 2.48. The van der Waals surface area contributed by atoms with Crippen molar-refractivity contribution in [1.82, 2.24) is 15.3 Å². The first-order valence-electron chi connectivity index (χ1n) is 7.13. The van der Waals surface area contributed by atoms with Gasteiger partial charge >= 0.3 is 6.18 Å². The lowest BCUT2D eigenvalue weighted by Crippen LogP contribution is -2.26. The number of rotatable bonds is 6. The number of nitrogens with zero attached hydrogens (tertiary/aromatic N) is 2. The normalized spacial score (nSPS) is 11.3. The van der Waals surface area contributed by atoms with Gasteiger partial charge in [0, 0.05) is 18.8 Å². The van der Waals surface area contributed by atoms with Gasteiger partial charge in [0.2, 0.25) is 5.88 Å². The van der Waals surface area contributed by atoms with Crippen LogP contribution in [0.1, 0.15) is 22.3 Å². The van der Waals surface area contributed by atoms with Gasteiger partial charge in [0.15, 0.2) is 0 Å². The van der Waals surface area contributed by atoms with Gasteiger partial charge in [0.25, 0.3) is 5.91 Å². The molecule has 0 aliphatic carbocycles. The van der Waals surface area contributed by atoms with Crippen LogP contribution in [0.25, 0.3) is 0 Å². The highest BCUT2D eigenvalue weighted by Crippen LogP contribution is 2.32. The Labute approximate surface area is 161 Å². The predicted molar refractivity (Wildman–Crippen MR) is 91.0 cm³/mol. The standard InChI is InChI=1S/C15H11Cl3F3N3O2/c16-10-6-11(17)23-7-9(10)14(25)22-2-1-3-26-13-5-8(15(19,20)21)4-12(18)24-13/h4-7H,1-3H2,(H,22,25). The van der Waals surface area contributed by atoms with E-state index in [0.717, 1.165) is 6.07 Å². The lowest BCUT2D eigenvalue weighted by Gasteiger charge is -2.11. The van der Waals surface area contributed by atoms with E-state index in [2.05, 4.69) is 15.3 Å². The van der Waals surface area contributed by atoms with Crippen molar-refractivity contribution >= 4 is 40.7 Å². The first kappa shape index (κ1) is 20.5. The largest absolute Gasteiger partial charge is 0.478 e. The number of pyridine rings is 2. The molecule has 2 aromatic heterocycles. The van der Waals surface area contributed by atoms with Gasteiger partial charge in [-0.2, -0.15) is 13.2 Å². The van der Waals surface area contributed by atoms with E-state index >= 15 is 0 Å². The number of nitrogens with one attached hydrogen (secondary N) is 1. The van der Waals surface area contributed by atoms with Crippen LogP contribution >= 0.6 is 34.8 Å². The summed E-state index contributed by atoms with van der Waals surface area (Å²) >= 11 is 17.1. The van der Waals surface area contributed by atoms with Crippen LogP contribution in [0.5, 0.6) is 5.88 Å². The molecule has 1 N–H and O–H groups in total. The molecular formula is C15H11Cl3F3N3O2. The minimum atomic E-state index is -4.55. The van der Waals surface area contributed by atoms with Gasteiger partial charge in [-0.05, 0) is 18.6 Å². The number of halogens is 6. The smallest absolute Gasteiger partial charge is 0.416 e. The Hall–Kier alpha value is -1.77. The molecule has 2 heterocycles. The molecular weight excluding hydrogens is 418 g/mol. The van der Waals surface area contributed by atoms with Crippen molar-refractivity contribution in [1.29, 1.82) is 0 Å². The van der Waals surface area contributed by atoms with Gasteiger partial charge < -0.3 is 10.1 Å². The van der Waals surface area contributed by atoms with Crippen LogP contribution < -0.4 is 10.1 Å². The van der Waals surface area contributed by atoms with Crippen LogP contribution in [0.4, 0.5) is 13.2 Å². The topological polar surface area (TPSA) is 64.1 Å². The fraction of sp³-hybridized carbons (Fsp3) is 0.267. The minimum Gasteiger partial charge on any atom is -0.478 e. The average Bonchev–Trinajstić information content (AvgIpc) is 2.53. The van der Waals surface area contributed by atoms with Crippen molar-refractivity contribution in [3.05, 3.63) is 50.9 Å². The number of carbonyl (C=O) groups is 1. The second-order valence-corrected chi connectivity index (χ2v) is 6.14. The molecule has 0 atom stereocenters. The van der Waals surface area contributed by atoms with E-state index in [1.807, 2.05) is 0 Å². The summed E-state index contributed by atoms with van der Waals surface area (Å²) in [6, 6.07) is 2.80. The molecule has 0 bridgehead atoms. The lowest BCUT2D eigenvalue weighted by atomic mass is 10.2. The molecule has 5 nitrogen and oxygen atoms in total. The number of amides is 1. The second-order valence-electron chi connectivity index (χ2n) is 4.96. The Morgan fingerprint density at radius 2 is 1.88 bits per heavy atom. The number of ether oxygens (including phenoxy) is 1. The highest BCUT2D eigenvalue weighted by molar-refractivity contribution is 6.36. The zero-order valence-electron chi connectivity index (χ0n) is 12.9. The Morgan fingerprint density at radius 3 is 2.54 bits per heavy atom. The molecule has 26 heavy (non-hydrogen) atoms. The molecule has 0 fully saturated rings. The minimum absolute atomic E-state index is 0.0253. The van der Waals surface area contributed by atoms with E-state index < -0.39 is 17.6 Å². The molecule has 0 aliphatic heterocycles. The summed E-state index contributed by atoms with van der Waals surface area (Å²) in [6.45, 7) is 0.224. The van der Waals surface area contributed by atoms with Gasteiger partial charge in [-0.1, -0.05) is 34.8 Å². The monoisotopic (exact) mass is 427 g/mol. The highest BCUT2D eigenvalue weighted by atomic mass is 35.5. The summed E-state index contributed by atoms with van der Waals surface area (Å²) in [5, 5.41) is 2.57. The Morgan fingerprint density at radius 1 is 1.15 bits per heavy atom. The molecule has 0 aliphatic rings. The van der Waals surface area contributed by atoms with E-state index in [1.165, 1.54) is 12.3 Å². The summed E-state index contributed by atoms with van der Waals surface area (Å²) < 4.78 is 43.2. The van der Waals surface area contributed by atoms with Crippen molar-refractivity contribution in [2.24, 2.45) is 0 Å². The predicted octanol–water partition coefficient (Wildman–Crippen LogP) is 4.65. The molecule has 0 spiro atoms. The Bertz CT molecular complexity index is 803. The molecule has 140 valence electrons. The maximum Gasteiger partial charge on any atom is 0.416 e. The number of hydrogen-bond acceptors (Lipinski definition) is 4. The average molecular weight is 429 g/mol. The maximum absolute atomic E-state index is 12.7. The van der Waals surface area contributed by atoms with Crippen LogP contribution in [0.3, 0.4) is 0 Å². The molecule has 1 amide bonds. The van der Waals surface area contributed by atoms with E-state index in [9.17, 15) is 18.0 Å². The van der Waals surface area contributed by atoms with E-state index in [0.29, 0.717) is 12.5 Å². The van der Waals surface area contributed by atoms with Gasteiger partial charge in [-0.25, -0.2) is 9.97 Å². The quantitative estimate of drug-likeness (QED) is 0.537. The van der Waals surface area contributed by atoms with Crippen molar-refractivity contribution < 1.29 is 22.7 Å². The van der Waals surface area contributed by atoms with Gasteiger partial charge in [0.1, 0.15) is 10.3 Å². The first-order valence-corrected chi connectivity index (χ1v) is 8.27. The molecule has 0 unspecified atom stereocenters. The lowest BCUT2D eigenvalue weighted by molar-refractivity contribution is -0.137. The Balaban J connectivity index is 1.82. The van der Waals surface area contributed by atoms with Crippen molar-refractivity contribution in [2.75, 3.05) is 13.2 Å². The van der Waals surface area contributed by atoms with Crippen molar-refractivity contribution in [2.45, 2.75) is 12.6 Å². The van der Waals surface area contributed by atoms with E-state index in [-0.39, 0.29) is 39.9 Å². The van der Waals surface area contributed by atoms with Gasteiger partial charge in [-0.3, -0.25) is 4.79 Å². The van der Waals surface area contributed by atoms with Crippen LogP contribution in [0.15, 0.2) is 24.4 Å². The molecule has 11 heteroatoms. The maximum atomic E-state index is 12.7. The van der Waals surface area contributed by atoms with E-state index in [4.69, 9.17) is 39.5 Å². The summed E-state index contributed by atoms with van der Waals surface area (Å²) in [5.74, 6) is -0.708. The molecule has 0 saturated heterocycles. The van der Waals surface area contributed by atoms with Crippen LogP contribution in [-0.2, 0) is 6.18 Å². The van der Waals surface area contributed by atoms with Crippen molar-refractivity contribution in [3.8, 4) is 5.88 Å². The third kappa shape index (κ3) is 5.89. The summed E-state index contributed by atoms with van der Waals surface area (Å²) in [5.41, 5.74) is -0.797. The third-order valence-corrected chi connectivity index (χ3v) is 3.73. The fourth-order valence-electron chi connectivity index (χ4n) is 1.83.